The SMILES string of the molecule is CCOC(=O)c1ccc(C(O)CCN2CCN(CC)CC2)s1. The van der Waals surface area contributed by atoms with Crippen molar-refractivity contribution >= 4 is 17.3 Å². The number of hydrogen-bond acceptors (Lipinski definition) is 6. The normalized spacial score (nSPS) is 18.3. The van der Waals surface area contributed by atoms with Gasteiger partial charge < -0.3 is 19.6 Å². The number of likely N-dealkylation sites (N-methyl/N-ethyl adjacent to an activating group) is 1. The molecule has 5 nitrogen and oxygen atoms in total. The minimum Gasteiger partial charge on any atom is -0.462 e. The van der Waals surface area contributed by atoms with E-state index in [-0.39, 0.29) is 5.97 Å². The van der Waals surface area contributed by atoms with E-state index < -0.39 is 6.10 Å². The van der Waals surface area contributed by atoms with Gasteiger partial charge in [-0.2, -0.15) is 0 Å². The molecule has 1 atom stereocenters. The Morgan fingerprint density at radius 2 is 1.95 bits per heavy atom. The van der Waals surface area contributed by atoms with Crippen molar-refractivity contribution in [3.05, 3.63) is 21.9 Å². The first-order chi connectivity index (χ1) is 10.6. The van der Waals surface area contributed by atoms with Gasteiger partial charge in [0.2, 0.25) is 0 Å². The summed E-state index contributed by atoms with van der Waals surface area (Å²) in [7, 11) is 0. The molecule has 0 amide bonds. The van der Waals surface area contributed by atoms with E-state index >= 15 is 0 Å². The molecule has 0 spiro atoms. The van der Waals surface area contributed by atoms with E-state index in [2.05, 4.69) is 16.7 Å². The third kappa shape index (κ3) is 4.78. The lowest BCUT2D eigenvalue weighted by molar-refractivity contribution is 0.0532. The number of aliphatic hydroxyl groups excluding tert-OH is 1. The maximum absolute atomic E-state index is 11.6. The molecule has 1 fully saturated rings. The van der Waals surface area contributed by atoms with Gasteiger partial charge in [0.05, 0.1) is 12.7 Å². The average Bonchev–Trinajstić information content (AvgIpc) is 3.03. The summed E-state index contributed by atoms with van der Waals surface area (Å²) in [5, 5.41) is 10.3. The zero-order valence-electron chi connectivity index (χ0n) is 13.5. The van der Waals surface area contributed by atoms with Gasteiger partial charge in [0.25, 0.3) is 0 Å². The van der Waals surface area contributed by atoms with Crippen molar-refractivity contribution in [1.82, 2.24) is 9.80 Å². The van der Waals surface area contributed by atoms with Crippen LogP contribution in [0.5, 0.6) is 0 Å². The minimum atomic E-state index is -0.502. The van der Waals surface area contributed by atoms with E-state index in [4.69, 9.17) is 4.74 Å². The van der Waals surface area contributed by atoms with Gasteiger partial charge in [-0.25, -0.2) is 4.79 Å². The van der Waals surface area contributed by atoms with E-state index in [0.717, 1.165) is 44.1 Å². The second kappa shape index (κ2) is 8.62. The Kier molecular flexibility index (Phi) is 6.82. The Labute approximate surface area is 136 Å². The Morgan fingerprint density at radius 1 is 1.27 bits per heavy atom. The quantitative estimate of drug-likeness (QED) is 0.777. The highest BCUT2D eigenvalue weighted by molar-refractivity contribution is 7.14. The molecule has 2 heterocycles. The third-order valence-electron chi connectivity index (χ3n) is 4.06. The van der Waals surface area contributed by atoms with Crippen LogP contribution in [0.2, 0.25) is 0 Å². The Hall–Kier alpha value is -0.950. The number of hydrogen-bond donors (Lipinski definition) is 1. The molecule has 2 rings (SSSR count). The fourth-order valence-corrected chi connectivity index (χ4v) is 3.54. The predicted octanol–water partition coefficient (Wildman–Crippen LogP) is 1.99. The number of thiophene rings is 1. The molecular formula is C16H26N2O3S. The molecule has 1 unspecified atom stereocenters. The summed E-state index contributed by atoms with van der Waals surface area (Å²) in [5.74, 6) is -0.304. The summed E-state index contributed by atoms with van der Waals surface area (Å²) >= 11 is 1.33. The van der Waals surface area contributed by atoms with Crippen LogP contribution in [0.1, 0.15) is 40.9 Å². The lowest BCUT2D eigenvalue weighted by Crippen LogP contribution is -2.46. The molecule has 124 valence electrons. The number of piperazine rings is 1. The van der Waals surface area contributed by atoms with Crippen LogP contribution in [0, 0.1) is 0 Å². The molecular weight excluding hydrogens is 300 g/mol. The summed E-state index contributed by atoms with van der Waals surface area (Å²) in [6.07, 6.45) is 0.201. The maximum atomic E-state index is 11.6. The number of ether oxygens (including phenoxy) is 1. The molecule has 0 saturated carbocycles. The molecule has 22 heavy (non-hydrogen) atoms. The lowest BCUT2D eigenvalue weighted by atomic mass is 10.2. The first-order valence-corrected chi connectivity index (χ1v) is 8.85. The molecule has 0 radical (unpaired) electrons. The summed E-state index contributed by atoms with van der Waals surface area (Å²) in [4.78, 5) is 17.9. The smallest absolute Gasteiger partial charge is 0.348 e. The van der Waals surface area contributed by atoms with Crippen LogP contribution in [0.25, 0.3) is 0 Å². The lowest BCUT2D eigenvalue weighted by Gasteiger charge is -2.34. The summed E-state index contributed by atoms with van der Waals surface area (Å²) < 4.78 is 4.97. The van der Waals surface area contributed by atoms with E-state index in [0.29, 0.717) is 17.9 Å². The van der Waals surface area contributed by atoms with Crippen LogP contribution >= 0.6 is 11.3 Å². The molecule has 1 aromatic heterocycles. The summed E-state index contributed by atoms with van der Waals surface area (Å²) in [6, 6.07) is 3.57. The highest BCUT2D eigenvalue weighted by atomic mass is 32.1. The molecule has 1 aliphatic heterocycles. The average molecular weight is 326 g/mol. The van der Waals surface area contributed by atoms with Crippen LogP contribution in [-0.4, -0.2) is 66.8 Å². The number of aliphatic hydroxyl groups is 1. The van der Waals surface area contributed by atoms with Crippen molar-refractivity contribution in [2.45, 2.75) is 26.4 Å². The number of nitrogens with zero attached hydrogens (tertiary/aromatic N) is 2. The van der Waals surface area contributed by atoms with Gasteiger partial charge in [0.1, 0.15) is 4.88 Å². The molecule has 0 aromatic carbocycles. The minimum absolute atomic E-state index is 0.304. The van der Waals surface area contributed by atoms with Crippen molar-refractivity contribution in [3.8, 4) is 0 Å². The fraction of sp³-hybridized carbons (Fsp3) is 0.688. The monoisotopic (exact) mass is 326 g/mol. The molecule has 1 N–H and O–H groups in total. The van der Waals surface area contributed by atoms with Gasteiger partial charge in [-0.15, -0.1) is 11.3 Å². The van der Waals surface area contributed by atoms with Gasteiger partial charge in [-0.3, -0.25) is 0 Å². The third-order valence-corrected chi connectivity index (χ3v) is 5.23. The van der Waals surface area contributed by atoms with Gasteiger partial charge >= 0.3 is 5.97 Å². The molecule has 1 aromatic rings. The van der Waals surface area contributed by atoms with Crippen LogP contribution < -0.4 is 0 Å². The van der Waals surface area contributed by atoms with E-state index in [1.54, 1.807) is 13.0 Å². The van der Waals surface area contributed by atoms with Crippen LogP contribution in [0.15, 0.2) is 12.1 Å². The first-order valence-electron chi connectivity index (χ1n) is 8.03. The van der Waals surface area contributed by atoms with Crippen molar-refractivity contribution in [1.29, 1.82) is 0 Å². The van der Waals surface area contributed by atoms with Gasteiger partial charge in [-0.1, -0.05) is 6.92 Å². The largest absolute Gasteiger partial charge is 0.462 e. The van der Waals surface area contributed by atoms with Gasteiger partial charge in [0, 0.05) is 37.6 Å². The van der Waals surface area contributed by atoms with Crippen LogP contribution in [-0.2, 0) is 4.74 Å². The van der Waals surface area contributed by atoms with Gasteiger partial charge in [0.15, 0.2) is 0 Å². The predicted molar refractivity (Wildman–Crippen MR) is 88.4 cm³/mol. The molecule has 1 saturated heterocycles. The molecule has 1 aliphatic rings. The van der Waals surface area contributed by atoms with Crippen molar-refractivity contribution in [2.75, 3.05) is 45.9 Å². The number of rotatable bonds is 7. The Morgan fingerprint density at radius 3 is 2.59 bits per heavy atom. The van der Waals surface area contributed by atoms with Crippen LogP contribution in [0.3, 0.4) is 0 Å². The second-order valence-electron chi connectivity index (χ2n) is 5.50. The maximum Gasteiger partial charge on any atom is 0.348 e. The summed E-state index contributed by atoms with van der Waals surface area (Å²) in [5.41, 5.74) is 0. The highest BCUT2D eigenvalue weighted by Gasteiger charge is 2.19. The zero-order chi connectivity index (χ0) is 15.9. The van der Waals surface area contributed by atoms with Crippen molar-refractivity contribution < 1.29 is 14.6 Å². The van der Waals surface area contributed by atoms with Crippen molar-refractivity contribution in [3.63, 3.8) is 0 Å². The number of carbonyl (C=O) groups excluding carboxylic acids is 1. The number of esters is 1. The van der Waals surface area contributed by atoms with E-state index in [1.165, 1.54) is 11.3 Å². The van der Waals surface area contributed by atoms with Gasteiger partial charge in [-0.05, 0) is 32.0 Å². The zero-order valence-corrected chi connectivity index (χ0v) is 14.3. The van der Waals surface area contributed by atoms with E-state index in [1.807, 2.05) is 6.07 Å². The Bertz CT molecular complexity index is 470. The standard InChI is InChI=1S/C16H26N2O3S/c1-3-17-9-11-18(12-10-17)8-7-13(19)14-5-6-15(22-14)16(20)21-4-2/h5-6,13,19H,3-4,7-12H2,1-2H3. The van der Waals surface area contributed by atoms with Crippen LogP contribution in [0.4, 0.5) is 0 Å². The topological polar surface area (TPSA) is 53.0 Å². The molecule has 6 heteroatoms. The first kappa shape index (κ1) is 17.4. The second-order valence-corrected chi connectivity index (χ2v) is 6.62. The molecule has 0 aliphatic carbocycles. The summed E-state index contributed by atoms with van der Waals surface area (Å²) in [6.45, 7) is 10.7. The van der Waals surface area contributed by atoms with Crippen molar-refractivity contribution in [2.24, 2.45) is 0 Å². The fourth-order valence-electron chi connectivity index (χ4n) is 2.62. The molecule has 0 bridgehead atoms. The number of carbonyl (C=O) groups is 1. The highest BCUT2D eigenvalue weighted by Crippen LogP contribution is 2.26. The van der Waals surface area contributed by atoms with E-state index in [9.17, 15) is 9.90 Å². The Balaban J connectivity index is 1.78.